The van der Waals surface area contributed by atoms with Gasteiger partial charge in [0.05, 0.1) is 11.7 Å². The monoisotopic (exact) mass is 404 g/mol. The van der Waals surface area contributed by atoms with E-state index in [0.29, 0.717) is 0 Å². The molecule has 9 nitrogen and oxygen atoms in total. The molecule has 2 rings (SSSR count). The number of methoxy groups -OCH3 is 1. The van der Waals surface area contributed by atoms with Crippen LogP contribution >= 0.6 is 15.9 Å². The molecule has 0 saturated carbocycles. The third-order valence-electron chi connectivity index (χ3n) is 3.42. The van der Waals surface area contributed by atoms with Gasteiger partial charge in [0, 0.05) is 19.7 Å². The molecule has 1 aromatic heterocycles. The first-order valence-corrected chi connectivity index (χ1v) is 7.98. The molecule has 0 aliphatic carbocycles. The van der Waals surface area contributed by atoms with Crippen LogP contribution < -0.4 is 11.2 Å². The molecule has 0 bridgehead atoms. The van der Waals surface area contributed by atoms with Crippen molar-refractivity contribution >= 4 is 28.0 Å². The average Bonchev–Trinajstić information content (AvgIpc) is 2.89. The molecule has 1 fully saturated rings. The van der Waals surface area contributed by atoms with Gasteiger partial charge in [0.2, 0.25) is 0 Å². The SMILES string of the molecule is COCC(=O)OC[C@H]1O[C@@H](n2cc(C=CBr)c(=O)[nH]c2=O)C[C@@H]1O. The van der Waals surface area contributed by atoms with Crippen LogP contribution in [0.3, 0.4) is 0 Å². The highest BCUT2D eigenvalue weighted by Crippen LogP contribution is 2.27. The molecule has 1 aromatic rings. The first-order chi connectivity index (χ1) is 11.5. The van der Waals surface area contributed by atoms with Gasteiger partial charge in [0.15, 0.2) is 0 Å². The van der Waals surface area contributed by atoms with Crippen molar-refractivity contribution in [2.24, 2.45) is 0 Å². The van der Waals surface area contributed by atoms with Gasteiger partial charge in [-0.05, 0) is 11.1 Å². The summed E-state index contributed by atoms with van der Waals surface area (Å²) in [4.78, 5) is 38.6. The maximum absolute atomic E-state index is 12.0. The van der Waals surface area contributed by atoms with Gasteiger partial charge in [-0.25, -0.2) is 9.59 Å². The molecular weight excluding hydrogens is 388 g/mol. The molecule has 0 amide bonds. The van der Waals surface area contributed by atoms with Crippen LogP contribution in [0.5, 0.6) is 0 Å². The number of esters is 1. The van der Waals surface area contributed by atoms with Crippen molar-refractivity contribution in [3.05, 3.63) is 37.6 Å². The number of aromatic nitrogens is 2. The van der Waals surface area contributed by atoms with Crippen LogP contribution in [0.25, 0.3) is 6.08 Å². The van der Waals surface area contributed by atoms with Crippen molar-refractivity contribution < 1.29 is 24.1 Å². The third kappa shape index (κ3) is 4.41. The molecule has 0 spiro atoms. The highest BCUT2D eigenvalue weighted by molar-refractivity contribution is 9.11. The smallest absolute Gasteiger partial charge is 0.332 e. The molecule has 132 valence electrons. The largest absolute Gasteiger partial charge is 0.461 e. The quantitative estimate of drug-likeness (QED) is 0.626. The van der Waals surface area contributed by atoms with E-state index in [1.807, 2.05) is 0 Å². The summed E-state index contributed by atoms with van der Waals surface area (Å²) in [6, 6.07) is 0. The number of carbonyl (C=O) groups excluding carboxylic acids is 1. The van der Waals surface area contributed by atoms with E-state index >= 15 is 0 Å². The summed E-state index contributed by atoms with van der Waals surface area (Å²) in [5, 5.41) is 10.0. The van der Waals surface area contributed by atoms with E-state index in [2.05, 4.69) is 25.7 Å². The zero-order valence-corrected chi connectivity index (χ0v) is 14.4. The first kappa shape index (κ1) is 18.6. The number of hydrogen-bond donors (Lipinski definition) is 2. The number of nitrogens with zero attached hydrogens (tertiary/aromatic N) is 1. The number of aliphatic hydroxyl groups excluding tert-OH is 1. The first-order valence-electron chi connectivity index (χ1n) is 7.06. The van der Waals surface area contributed by atoms with Gasteiger partial charge in [-0.3, -0.25) is 14.3 Å². The van der Waals surface area contributed by atoms with E-state index in [-0.39, 0.29) is 25.2 Å². The zero-order chi connectivity index (χ0) is 17.7. The topological polar surface area (TPSA) is 120 Å². The van der Waals surface area contributed by atoms with Gasteiger partial charge >= 0.3 is 11.7 Å². The fraction of sp³-hybridized carbons (Fsp3) is 0.500. The predicted molar refractivity (Wildman–Crippen MR) is 86.7 cm³/mol. The summed E-state index contributed by atoms with van der Waals surface area (Å²) in [7, 11) is 1.36. The van der Waals surface area contributed by atoms with E-state index in [1.165, 1.54) is 28.9 Å². The summed E-state index contributed by atoms with van der Waals surface area (Å²) < 4.78 is 16.3. The normalized spacial score (nSPS) is 23.7. The lowest BCUT2D eigenvalue weighted by Crippen LogP contribution is -2.33. The lowest BCUT2D eigenvalue weighted by molar-refractivity contribution is -0.154. The molecule has 0 radical (unpaired) electrons. The Balaban J connectivity index is 2.11. The Morgan fingerprint density at radius 3 is 3.00 bits per heavy atom. The van der Waals surface area contributed by atoms with E-state index in [4.69, 9.17) is 9.47 Å². The number of aliphatic hydroxyl groups is 1. The van der Waals surface area contributed by atoms with Gasteiger partial charge < -0.3 is 19.3 Å². The van der Waals surface area contributed by atoms with Crippen LogP contribution in [0.2, 0.25) is 0 Å². The summed E-state index contributed by atoms with van der Waals surface area (Å²) in [6.45, 7) is -0.361. The Kier molecular flexibility index (Phi) is 6.49. The number of carbonyl (C=O) groups is 1. The second-order valence-corrected chi connectivity index (χ2v) is 5.62. The summed E-state index contributed by atoms with van der Waals surface area (Å²) in [6.07, 6.45) is 0.470. The Labute approximate surface area is 145 Å². The number of hydrogen-bond acceptors (Lipinski definition) is 7. The minimum atomic E-state index is -0.917. The van der Waals surface area contributed by atoms with Gasteiger partial charge in [-0.15, -0.1) is 0 Å². The fourth-order valence-electron chi connectivity index (χ4n) is 2.27. The highest BCUT2D eigenvalue weighted by Gasteiger charge is 2.36. The van der Waals surface area contributed by atoms with Crippen LogP contribution in [0.1, 0.15) is 18.2 Å². The molecule has 3 atom stereocenters. The predicted octanol–water partition coefficient (Wildman–Crippen LogP) is -0.260. The second-order valence-electron chi connectivity index (χ2n) is 5.09. The van der Waals surface area contributed by atoms with Crippen molar-refractivity contribution in [3.63, 3.8) is 0 Å². The maximum atomic E-state index is 12.0. The number of H-pyrrole nitrogens is 1. The van der Waals surface area contributed by atoms with Crippen LogP contribution in [-0.2, 0) is 19.0 Å². The molecule has 2 heterocycles. The molecule has 24 heavy (non-hydrogen) atoms. The van der Waals surface area contributed by atoms with E-state index < -0.39 is 35.7 Å². The lowest BCUT2D eigenvalue weighted by Gasteiger charge is -2.16. The lowest BCUT2D eigenvalue weighted by atomic mass is 10.2. The number of rotatable bonds is 6. The molecule has 10 heteroatoms. The molecule has 1 aliphatic rings. The van der Waals surface area contributed by atoms with Crippen LogP contribution in [0.15, 0.2) is 20.8 Å². The van der Waals surface area contributed by atoms with Gasteiger partial charge in [-0.2, -0.15) is 0 Å². The highest BCUT2D eigenvalue weighted by atomic mass is 79.9. The zero-order valence-electron chi connectivity index (χ0n) is 12.8. The standard InChI is InChI=1S/C14H17BrN2O7/c1-22-7-12(19)23-6-10-9(18)4-11(24-10)17-5-8(2-3-15)13(20)16-14(17)21/h2-3,5,9-11,18H,4,6-7H2,1H3,(H,16,20,21)/t9-,10+,11+/m0/s1. The number of aromatic amines is 1. The number of nitrogens with one attached hydrogen (secondary N) is 1. The summed E-state index contributed by atoms with van der Waals surface area (Å²) >= 11 is 3.06. The van der Waals surface area contributed by atoms with Crippen LogP contribution in [0.4, 0.5) is 0 Å². The van der Waals surface area contributed by atoms with Crippen LogP contribution in [-0.4, -0.2) is 53.2 Å². The van der Waals surface area contributed by atoms with Crippen molar-refractivity contribution in [3.8, 4) is 0 Å². The molecule has 1 aliphatic heterocycles. The second kappa shape index (κ2) is 8.38. The maximum Gasteiger partial charge on any atom is 0.332 e. The molecule has 1 saturated heterocycles. The van der Waals surface area contributed by atoms with Crippen molar-refractivity contribution in [2.45, 2.75) is 24.9 Å². The molecule has 2 N–H and O–H groups in total. The van der Waals surface area contributed by atoms with Gasteiger partial charge in [0.1, 0.15) is 25.5 Å². The fourth-order valence-corrected chi connectivity index (χ4v) is 2.56. The average molecular weight is 405 g/mol. The van der Waals surface area contributed by atoms with Crippen molar-refractivity contribution in [2.75, 3.05) is 20.3 Å². The minimum Gasteiger partial charge on any atom is -0.461 e. The summed E-state index contributed by atoms with van der Waals surface area (Å²) in [5.74, 6) is -0.581. The Bertz CT molecular complexity index is 727. The van der Waals surface area contributed by atoms with Crippen molar-refractivity contribution in [1.29, 1.82) is 0 Å². The van der Waals surface area contributed by atoms with Gasteiger partial charge in [-0.1, -0.05) is 15.9 Å². The summed E-state index contributed by atoms with van der Waals surface area (Å²) in [5.41, 5.74) is -0.934. The Hall–Kier alpha value is -1.75. The van der Waals surface area contributed by atoms with E-state index in [1.54, 1.807) is 0 Å². The number of ether oxygens (including phenoxy) is 3. The molecule has 0 aromatic carbocycles. The molecular formula is C14H17BrN2O7. The van der Waals surface area contributed by atoms with Gasteiger partial charge in [0.25, 0.3) is 5.56 Å². The third-order valence-corrected chi connectivity index (χ3v) is 3.69. The van der Waals surface area contributed by atoms with E-state index in [9.17, 15) is 19.5 Å². The van der Waals surface area contributed by atoms with Crippen molar-refractivity contribution in [1.82, 2.24) is 9.55 Å². The van der Waals surface area contributed by atoms with Crippen LogP contribution in [0, 0.1) is 0 Å². The minimum absolute atomic E-state index is 0.121. The number of halogens is 1. The molecule has 0 unspecified atom stereocenters. The Morgan fingerprint density at radius 1 is 1.58 bits per heavy atom. The van der Waals surface area contributed by atoms with E-state index in [0.717, 1.165) is 0 Å². The Morgan fingerprint density at radius 2 is 2.33 bits per heavy atom.